The van der Waals surface area contributed by atoms with Crippen LogP contribution in [0.4, 0.5) is 5.82 Å². The molecule has 2 heterocycles. The Morgan fingerprint density at radius 1 is 1.33 bits per heavy atom. The van der Waals surface area contributed by atoms with E-state index in [0.717, 1.165) is 30.4 Å². The standard InChI is InChI=1S/C15H25N3/c1-15(2,3)13-5-8-18(9-6-13)14-10-12(11-16)4-7-17-14/h4,7,10,13H,5-6,8-9,11,16H2,1-3H3. The lowest BCUT2D eigenvalue weighted by molar-refractivity contribution is 0.198. The third-order valence-corrected chi connectivity index (χ3v) is 4.09. The molecule has 0 radical (unpaired) electrons. The number of aromatic nitrogens is 1. The summed E-state index contributed by atoms with van der Waals surface area (Å²) >= 11 is 0. The number of nitrogens with two attached hydrogens (primary N) is 1. The van der Waals surface area contributed by atoms with Crippen LogP contribution in [0.1, 0.15) is 39.2 Å². The van der Waals surface area contributed by atoms with Crippen molar-refractivity contribution in [3.8, 4) is 0 Å². The largest absolute Gasteiger partial charge is 0.357 e. The number of nitrogens with zero attached hydrogens (tertiary/aromatic N) is 2. The molecule has 2 N–H and O–H groups in total. The van der Waals surface area contributed by atoms with Gasteiger partial charge in [-0.1, -0.05) is 20.8 Å². The van der Waals surface area contributed by atoms with E-state index in [4.69, 9.17) is 5.73 Å². The number of hydrogen-bond donors (Lipinski definition) is 1. The second kappa shape index (κ2) is 5.27. The van der Waals surface area contributed by atoms with Gasteiger partial charge in [-0.2, -0.15) is 0 Å². The molecule has 0 bridgehead atoms. The first-order valence-corrected chi connectivity index (χ1v) is 6.90. The van der Waals surface area contributed by atoms with Gasteiger partial charge >= 0.3 is 0 Å². The first-order valence-electron chi connectivity index (χ1n) is 6.90. The number of piperidine rings is 1. The van der Waals surface area contributed by atoms with Crippen LogP contribution < -0.4 is 10.6 Å². The van der Waals surface area contributed by atoms with Gasteiger partial charge in [0.25, 0.3) is 0 Å². The summed E-state index contributed by atoms with van der Waals surface area (Å²) in [6, 6.07) is 4.11. The maximum atomic E-state index is 5.68. The van der Waals surface area contributed by atoms with Gasteiger partial charge in [0.1, 0.15) is 5.82 Å². The van der Waals surface area contributed by atoms with Gasteiger partial charge in [0.2, 0.25) is 0 Å². The molecule has 3 heteroatoms. The van der Waals surface area contributed by atoms with Gasteiger partial charge in [-0.15, -0.1) is 0 Å². The van der Waals surface area contributed by atoms with Crippen LogP contribution in [0.15, 0.2) is 18.3 Å². The Morgan fingerprint density at radius 2 is 2.00 bits per heavy atom. The van der Waals surface area contributed by atoms with Gasteiger partial charge in [0.15, 0.2) is 0 Å². The summed E-state index contributed by atoms with van der Waals surface area (Å²) in [4.78, 5) is 6.86. The predicted molar refractivity (Wildman–Crippen MR) is 76.5 cm³/mol. The minimum absolute atomic E-state index is 0.429. The molecule has 1 aromatic heterocycles. The number of anilines is 1. The molecule has 1 fully saturated rings. The van der Waals surface area contributed by atoms with E-state index in [0.29, 0.717) is 12.0 Å². The van der Waals surface area contributed by atoms with Crippen molar-refractivity contribution >= 4 is 5.82 Å². The zero-order valence-electron chi connectivity index (χ0n) is 11.8. The molecule has 2 rings (SSSR count). The second-order valence-electron chi connectivity index (χ2n) is 6.35. The topological polar surface area (TPSA) is 42.1 Å². The summed E-state index contributed by atoms with van der Waals surface area (Å²) < 4.78 is 0. The smallest absolute Gasteiger partial charge is 0.128 e. The molecule has 18 heavy (non-hydrogen) atoms. The summed E-state index contributed by atoms with van der Waals surface area (Å²) in [6.45, 7) is 9.86. The minimum Gasteiger partial charge on any atom is -0.357 e. The van der Waals surface area contributed by atoms with Crippen LogP contribution in [0.5, 0.6) is 0 Å². The summed E-state index contributed by atoms with van der Waals surface area (Å²) in [6.07, 6.45) is 4.39. The fourth-order valence-corrected chi connectivity index (χ4v) is 2.74. The van der Waals surface area contributed by atoms with Crippen molar-refractivity contribution in [2.24, 2.45) is 17.1 Å². The molecule has 0 atom stereocenters. The van der Waals surface area contributed by atoms with Crippen molar-refractivity contribution in [2.45, 2.75) is 40.2 Å². The van der Waals surface area contributed by atoms with E-state index in [2.05, 4.69) is 36.7 Å². The van der Waals surface area contributed by atoms with E-state index in [-0.39, 0.29) is 0 Å². The normalized spacial score (nSPS) is 18.1. The Morgan fingerprint density at radius 3 is 2.56 bits per heavy atom. The SMILES string of the molecule is CC(C)(C)C1CCN(c2cc(CN)ccn2)CC1. The van der Waals surface area contributed by atoms with Crippen LogP contribution in [0.2, 0.25) is 0 Å². The van der Waals surface area contributed by atoms with Gasteiger partial charge in [0.05, 0.1) is 0 Å². The lowest BCUT2D eigenvalue weighted by Crippen LogP contribution is -2.38. The molecule has 0 amide bonds. The van der Waals surface area contributed by atoms with Crippen molar-refractivity contribution in [2.75, 3.05) is 18.0 Å². The zero-order valence-corrected chi connectivity index (χ0v) is 11.8. The maximum Gasteiger partial charge on any atom is 0.128 e. The van der Waals surface area contributed by atoms with Gasteiger partial charge < -0.3 is 10.6 Å². The van der Waals surface area contributed by atoms with Crippen molar-refractivity contribution in [1.82, 2.24) is 4.98 Å². The molecule has 1 saturated heterocycles. The Balaban J connectivity index is 2.01. The predicted octanol–water partition coefficient (Wildman–Crippen LogP) is 2.80. The molecule has 0 aromatic carbocycles. The van der Waals surface area contributed by atoms with Gasteiger partial charge in [-0.25, -0.2) is 4.98 Å². The van der Waals surface area contributed by atoms with Crippen LogP contribution >= 0.6 is 0 Å². The summed E-state index contributed by atoms with van der Waals surface area (Å²) in [5.41, 5.74) is 7.28. The van der Waals surface area contributed by atoms with E-state index in [9.17, 15) is 0 Å². The average molecular weight is 247 g/mol. The Kier molecular flexibility index (Phi) is 3.91. The van der Waals surface area contributed by atoms with Crippen molar-refractivity contribution < 1.29 is 0 Å². The number of rotatable bonds is 2. The van der Waals surface area contributed by atoms with Crippen LogP contribution in [0.25, 0.3) is 0 Å². The molecule has 100 valence electrons. The van der Waals surface area contributed by atoms with Crippen LogP contribution in [-0.4, -0.2) is 18.1 Å². The Hall–Kier alpha value is -1.09. The van der Waals surface area contributed by atoms with E-state index in [1.165, 1.54) is 12.8 Å². The van der Waals surface area contributed by atoms with Gasteiger partial charge in [-0.05, 0) is 41.9 Å². The second-order valence-corrected chi connectivity index (χ2v) is 6.35. The lowest BCUT2D eigenvalue weighted by atomic mass is 9.75. The van der Waals surface area contributed by atoms with Crippen molar-refractivity contribution in [3.05, 3.63) is 23.9 Å². The van der Waals surface area contributed by atoms with Crippen LogP contribution in [0, 0.1) is 11.3 Å². The van der Waals surface area contributed by atoms with E-state index < -0.39 is 0 Å². The molecular weight excluding hydrogens is 222 g/mol. The molecule has 1 aromatic rings. The summed E-state index contributed by atoms with van der Waals surface area (Å²) in [7, 11) is 0. The fraction of sp³-hybridized carbons (Fsp3) is 0.667. The molecule has 0 unspecified atom stereocenters. The Bertz CT molecular complexity index is 387. The van der Waals surface area contributed by atoms with Gasteiger partial charge in [-0.3, -0.25) is 0 Å². The monoisotopic (exact) mass is 247 g/mol. The minimum atomic E-state index is 0.429. The first kappa shape index (κ1) is 13.3. The van der Waals surface area contributed by atoms with Crippen molar-refractivity contribution in [1.29, 1.82) is 0 Å². The molecular formula is C15H25N3. The zero-order chi connectivity index (χ0) is 13.2. The third kappa shape index (κ3) is 3.02. The highest BCUT2D eigenvalue weighted by Gasteiger charge is 2.29. The molecule has 1 aliphatic heterocycles. The quantitative estimate of drug-likeness (QED) is 0.874. The Labute approximate surface area is 110 Å². The molecule has 3 nitrogen and oxygen atoms in total. The van der Waals surface area contributed by atoms with Gasteiger partial charge in [0, 0.05) is 25.8 Å². The molecule has 0 aliphatic carbocycles. The summed E-state index contributed by atoms with van der Waals surface area (Å²) in [5, 5.41) is 0. The molecule has 0 spiro atoms. The van der Waals surface area contributed by atoms with E-state index in [1.807, 2.05) is 12.3 Å². The number of pyridine rings is 1. The average Bonchev–Trinajstić information content (AvgIpc) is 2.38. The van der Waals surface area contributed by atoms with E-state index in [1.54, 1.807) is 0 Å². The fourth-order valence-electron chi connectivity index (χ4n) is 2.74. The van der Waals surface area contributed by atoms with Crippen LogP contribution in [0.3, 0.4) is 0 Å². The highest BCUT2D eigenvalue weighted by Crippen LogP contribution is 2.35. The molecule has 0 saturated carbocycles. The maximum absolute atomic E-state index is 5.68. The highest BCUT2D eigenvalue weighted by molar-refractivity contribution is 5.41. The third-order valence-electron chi connectivity index (χ3n) is 4.09. The first-order chi connectivity index (χ1) is 8.50. The molecule has 1 aliphatic rings. The summed E-state index contributed by atoms with van der Waals surface area (Å²) in [5.74, 6) is 1.91. The van der Waals surface area contributed by atoms with E-state index >= 15 is 0 Å². The highest BCUT2D eigenvalue weighted by atomic mass is 15.2. The number of hydrogen-bond acceptors (Lipinski definition) is 3. The van der Waals surface area contributed by atoms with Crippen LogP contribution in [-0.2, 0) is 6.54 Å². The lowest BCUT2D eigenvalue weighted by Gasteiger charge is -2.39. The van der Waals surface area contributed by atoms with Crippen molar-refractivity contribution in [3.63, 3.8) is 0 Å².